The monoisotopic (exact) mass is 199 g/mol. The summed E-state index contributed by atoms with van der Waals surface area (Å²) in [7, 11) is 0. The van der Waals surface area contributed by atoms with Crippen molar-refractivity contribution < 1.29 is 0 Å². The summed E-state index contributed by atoms with van der Waals surface area (Å²) < 4.78 is 1.78. The van der Waals surface area contributed by atoms with Gasteiger partial charge in [0.2, 0.25) is 0 Å². The van der Waals surface area contributed by atoms with Crippen molar-refractivity contribution in [1.29, 1.82) is 0 Å². The fourth-order valence-corrected chi connectivity index (χ4v) is 2.10. The fraction of sp³-hybridized carbons (Fsp3) is 0.750. The Labute approximate surface area is 80.7 Å². The van der Waals surface area contributed by atoms with Gasteiger partial charge in [-0.1, -0.05) is 25.6 Å². The zero-order chi connectivity index (χ0) is 9.42. The van der Waals surface area contributed by atoms with Crippen LogP contribution in [0.4, 0.5) is 0 Å². The summed E-state index contributed by atoms with van der Waals surface area (Å²) in [5.74, 6) is 0. The topological polar surface area (TPSA) is 50.7 Å². The van der Waals surface area contributed by atoms with E-state index in [1.165, 1.54) is 0 Å². The molecule has 1 aromatic heterocycles. The fourth-order valence-electron chi connectivity index (χ4n) is 1.24. The van der Waals surface area contributed by atoms with Gasteiger partial charge < -0.3 is 0 Å². The Hall–Kier alpha value is -0.710. The van der Waals surface area contributed by atoms with Crippen LogP contribution in [0, 0.1) is 0 Å². The average Bonchev–Trinajstić information content (AvgIpc) is 2.79. The molecule has 1 aliphatic carbocycles. The third kappa shape index (κ3) is 1.80. The third-order valence-electron chi connectivity index (χ3n) is 1.93. The third-order valence-corrected chi connectivity index (χ3v) is 2.90. The van der Waals surface area contributed by atoms with E-state index in [0.29, 0.717) is 11.3 Å². The summed E-state index contributed by atoms with van der Waals surface area (Å²) in [6.45, 7) is 4.20. The number of aromatic amines is 1. The highest BCUT2D eigenvalue weighted by molar-refractivity contribution is 7.99. The molecule has 0 unspecified atom stereocenters. The maximum atomic E-state index is 11.3. The van der Waals surface area contributed by atoms with Gasteiger partial charge in [0, 0.05) is 11.3 Å². The Morgan fingerprint density at radius 2 is 2.31 bits per heavy atom. The average molecular weight is 199 g/mol. The maximum Gasteiger partial charge on any atom is 0.344 e. The van der Waals surface area contributed by atoms with Crippen LogP contribution >= 0.6 is 11.8 Å². The van der Waals surface area contributed by atoms with Crippen LogP contribution < -0.4 is 5.69 Å². The molecule has 1 saturated carbocycles. The van der Waals surface area contributed by atoms with E-state index in [9.17, 15) is 4.79 Å². The highest BCUT2D eigenvalue weighted by Crippen LogP contribution is 2.36. The zero-order valence-corrected chi connectivity index (χ0v) is 8.60. The number of hydrogen-bond donors (Lipinski definition) is 1. The second-order valence-corrected chi connectivity index (χ2v) is 5.12. The van der Waals surface area contributed by atoms with E-state index >= 15 is 0 Å². The molecule has 0 amide bonds. The largest absolute Gasteiger partial charge is 0.344 e. The molecule has 2 rings (SSSR count). The lowest BCUT2D eigenvalue weighted by Crippen LogP contribution is -2.16. The molecule has 72 valence electrons. The first kappa shape index (κ1) is 8.87. The van der Waals surface area contributed by atoms with Crippen LogP contribution in [0.2, 0.25) is 0 Å². The molecule has 0 atom stereocenters. The molecule has 0 spiro atoms. The lowest BCUT2D eigenvalue weighted by Gasteiger charge is -2.04. The lowest BCUT2D eigenvalue weighted by atomic mass is 10.6. The van der Waals surface area contributed by atoms with Gasteiger partial charge in [0.05, 0.1) is 0 Å². The summed E-state index contributed by atoms with van der Waals surface area (Å²) in [4.78, 5) is 11.3. The van der Waals surface area contributed by atoms with Crippen molar-refractivity contribution in [2.45, 2.75) is 43.1 Å². The van der Waals surface area contributed by atoms with Gasteiger partial charge in [0.15, 0.2) is 5.16 Å². The minimum absolute atomic E-state index is 0.0642. The van der Waals surface area contributed by atoms with Crippen LogP contribution in [-0.2, 0) is 0 Å². The van der Waals surface area contributed by atoms with Gasteiger partial charge in [-0.3, -0.25) is 4.57 Å². The Morgan fingerprint density at radius 1 is 1.62 bits per heavy atom. The summed E-state index contributed by atoms with van der Waals surface area (Å²) in [6.07, 6.45) is 2.23. The molecule has 0 aliphatic heterocycles. The van der Waals surface area contributed by atoms with Crippen molar-refractivity contribution in [3.63, 3.8) is 0 Å². The molecule has 0 saturated heterocycles. The van der Waals surface area contributed by atoms with Crippen molar-refractivity contribution in [2.75, 3.05) is 0 Å². The molecule has 1 heterocycles. The molecule has 1 N–H and O–H groups in total. The van der Waals surface area contributed by atoms with Crippen LogP contribution in [0.1, 0.15) is 32.7 Å². The van der Waals surface area contributed by atoms with Gasteiger partial charge in [-0.15, -0.1) is 5.10 Å². The molecule has 13 heavy (non-hydrogen) atoms. The Balaban J connectivity index is 2.28. The number of aromatic nitrogens is 3. The minimum atomic E-state index is -0.0642. The molecule has 0 bridgehead atoms. The second-order valence-electron chi connectivity index (χ2n) is 3.58. The van der Waals surface area contributed by atoms with Gasteiger partial charge in [0.1, 0.15) is 0 Å². The van der Waals surface area contributed by atoms with E-state index in [1.807, 2.05) is 0 Å². The van der Waals surface area contributed by atoms with E-state index in [2.05, 4.69) is 24.0 Å². The molecule has 5 heteroatoms. The van der Waals surface area contributed by atoms with Crippen molar-refractivity contribution in [3.8, 4) is 0 Å². The standard InChI is InChI=1S/C8H13N3OS/c1-5(2)13-8-10-9-7(12)11(8)6-3-4-6/h5-6H,3-4H2,1-2H3,(H,9,12). The molecule has 1 aliphatic rings. The van der Waals surface area contributed by atoms with Crippen LogP contribution in [0.5, 0.6) is 0 Å². The van der Waals surface area contributed by atoms with Crippen LogP contribution in [0.3, 0.4) is 0 Å². The molecule has 4 nitrogen and oxygen atoms in total. The van der Waals surface area contributed by atoms with E-state index < -0.39 is 0 Å². The number of rotatable bonds is 3. The number of H-pyrrole nitrogens is 1. The Kier molecular flexibility index (Phi) is 2.19. The lowest BCUT2D eigenvalue weighted by molar-refractivity contribution is 0.641. The van der Waals surface area contributed by atoms with E-state index in [4.69, 9.17) is 0 Å². The first-order valence-electron chi connectivity index (χ1n) is 4.52. The van der Waals surface area contributed by atoms with Gasteiger partial charge in [0.25, 0.3) is 0 Å². The van der Waals surface area contributed by atoms with Crippen molar-refractivity contribution in [2.24, 2.45) is 0 Å². The Morgan fingerprint density at radius 3 is 2.85 bits per heavy atom. The molecular weight excluding hydrogens is 186 g/mol. The second kappa shape index (κ2) is 3.21. The van der Waals surface area contributed by atoms with E-state index in [0.717, 1.165) is 18.0 Å². The highest BCUT2D eigenvalue weighted by atomic mass is 32.2. The first-order valence-corrected chi connectivity index (χ1v) is 5.40. The summed E-state index contributed by atoms with van der Waals surface area (Å²) in [5.41, 5.74) is -0.0642. The summed E-state index contributed by atoms with van der Waals surface area (Å²) >= 11 is 1.63. The van der Waals surface area contributed by atoms with Gasteiger partial charge >= 0.3 is 5.69 Å². The van der Waals surface area contributed by atoms with Crippen molar-refractivity contribution >= 4 is 11.8 Å². The van der Waals surface area contributed by atoms with Gasteiger partial charge in [-0.05, 0) is 12.8 Å². The van der Waals surface area contributed by atoms with Crippen molar-refractivity contribution in [3.05, 3.63) is 10.5 Å². The Bertz CT molecular complexity index is 351. The normalized spacial score (nSPS) is 16.8. The van der Waals surface area contributed by atoms with Crippen LogP contribution in [-0.4, -0.2) is 20.0 Å². The molecule has 1 aromatic rings. The van der Waals surface area contributed by atoms with E-state index in [-0.39, 0.29) is 5.69 Å². The number of hydrogen-bond acceptors (Lipinski definition) is 3. The number of nitrogens with zero attached hydrogens (tertiary/aromatic N) is 2. The minimum Gasteiger partial charge on any atom is -0.267 e. The number of thioether (sulfide) groups is 1. The van der Waals surface area contributed by atoms with Crippen LogP contribution in [0.15, 0.2) is 9.95 Å². The highest BCUT2D eigenvalue weighted by Gasteiger charge is 2.28. The quantitative estimate of drug-likeness (QED) is 0.749. The SMILES string of the molecule is CC(C)Sc1n[nH]c(=O)n1C1CC1. The maximum absolute atomic E-state index is 11.3. The number of nitrogens with one attached hydrogen (secondary N) is 1. The zero-order valence-electron chi connectivity index (χ0n) is 7.78. The molecular formula is C8H13N3OS. The van der Waals surface area contributed by atoms with Crippen LogP contribution in [0.25, 0.3) is 0 Å². The predicted octanol–water partition coefficient (Wildman–Crippen LogP) is 1.41. The summed E-state index contributed by atoms with van der Waals surface area (Å²) in [6, 6.07) is 0.410. The smallest absolute Gasteiger partial charge is 0.267 e. The van der Waals surface area contributed by atoms with Gasteiger partial charge in [-0.2, -0.15) is 0 Å². The molecule has 1 fully saturated rings. The first-order chi connectivity index (χ1) is 6.18. The van der Waals surface area contributed by atoms with E-state index in [1.54, 1.807) is 16.3 Å². The molecule has 0 aromatic carbocycles. The van der Waals surface area contributed by atoms with Gasteiger partial charge in [-0.25, -0.2) is 9.89 Å². The van der Waals surface area contributed by atoms with Crippen molar-refractivity contribution in [1.82, 2.24) is 14.8 Å². The predicted molar refractivity (Wildman–Crippen MR) is 52.1 cm³/mol. The molecule has 0 radical (unpaired) electrons. The summed E-state index contributed by atoms with van der Waals surface area (Å²) in [5, 5.41) is 7.81.